The van der Waals surface area contributed by atoms with Gasteiger partial charge >= 0.3 is 0 Å². The van der Waals surface area contributed by atoms with E-state index in [4.69, 9.17) is 4.74 Å². The summed E-state index contributed by atoms with van der Waals surface area (Å²) in [6.07, 6.45) is 10.4. The number of piperidine rings is 2. The van der Waals surface area contributed by atoms with Gasteiger partial charge in [-0.3, -0.25) is 9.80 Å². The standard InChI is InChI=1S/C21H36N2O/c1-3-20(2)18-21(11-17-24-20)10-9-16-23(19-21)15-8-7-14-22-12-5-4-6-13-22/h3-6,9-19H2,1-2H3/t20-,21+/m0/s1. The van der Waals surface area contributed by atoms with E-state index in [1.165, 1.54) is 71.1 Å². The molecule has 0 amide bonds. The summed E-state index contributed by atoms with van der Waals surface area (Å²) in [6.45, 7) is 12.4. The highest BCUT2D eigenvalue weighted by atomic mass is 16.5. The highest BCUT2D eigenvalue weighted by Crippen LogP contribution is 2.45. The van der Waals surface area contributed by atoms with Crippen molar-refractivity contribution < 1.29 is 4.74 Å². The maximum absolute atomic E-state index is 6.09. The molecule has 0 N–H and O–H groups in total. The highest BCUT2D eigenvalue weighted by molar-refractivity contribution is 5.05. The molecular formula is C21H36N2O. The van der Waals surface area contributed by atoms with E-state index < -0.39 is 0 Å². The van der Waals surface area contributed by atoms with Crippen LogP contribution in [0.15, 0.2) is 0 Å². The molecular weight excluding hydrogens is 296 g/mol. The Morgan fingerprint density at radius 2 is 1.62 bits per heavy atom. The molecule has 0 aromatic rings. The number of hydrogen-bond donors (Lipinski definition) is 0. The number of hydrogen-bond acceptors (Lipinski definition) is 3. The van der Waals surface area contributed by atoms with E-state index in [9.17, 15) is 0 Å². The van der Waals surface area contributed by atoms with Crippen LogP contribution in [0.1, 0.15) is 65.2 Å². The van der Waals surface area contributed by atoms with E-state index in [1.807, 2.05) is 0 Å². The van der Waals surface area contributed by atoms with E-state index in [-0.39, 0.29) is 5.60 Å². The number of rotatable bonds is 3. The Bertz CT molecular complexity index is 458. The average Bonchev–Trinajstić information content (AvgIpc) is 2.60. The molecule has 3 aliphatic rings. The zero-order chi connectivity index (χ0) is 16.9. The Hall–Kier alpha value is -0.560. The topological polar surface area (TPSA) is 15.7 Å². The van der Waals surface area contributed by atoms with Gasteiger partial charge in [0.25, 0.3) is 0 Å². The zero-order valence-corrected chi connectivity index (χ0v) is 15.9. The molecule has 1 spiro atoms. The van der Waals surface area contributed by atoms with Crippen molar-refractivity contribution in [3.8, 4) is 11.8 Å². The maximum atomic E-state index is 6.09. The van der Waals surface area contributed by atoms with Crippen molar-refractivity contribution in [2.75, 3.05) is 45.9 Å². The molecule has 3 aliphatic heterocycles. The molecule has 0 aromatic carbocycles. The van der Waals surface area contributed by atoms with Gasteiger partial charge in [-0.15, -0.1) is 0 Å². The quantitative estimate of drug-likeness (QED) is 0.735. The van der Waals surface area contributed by atoms with Crippen LogP contribution in [-0.4, -0.2) is 61.3 Å². The Labute approximate surface area is 149 Å². The van der Waals surface area contributed by atoms with Crippen molar-refractivity contribution >= 4 is 0 Å². The van der Waals surface area contributed by atoms with Crippen LogP contribution in [0.3, 0.4) is 0 Å². The molecule has 0 aromatic heterocycles. The van der Waals surface area contributed by atoms with Gasteiger partial charge in [0.15, 0.2) is 0 Å². The van der Waals surface area contributed by atoms with Crippen LogP contribution >= 0.6 is 0 Å². The molecule has 3 nitrogen and oxygen atoms in total. The summed E-state index contributed by atoms with van der Waals surface area (Å²) >= 11 is 0. The van der Waals surface area contributed by atoms with Gasteiger partial charge in [-0.05, 0) is 76.9 Å². The molecule has 0 saturated carbocycles. The fourth-order valence-electron chi connectivity index (χ4n) is 4.92. The van der Waals surface area contributed by atoms with Gasteiger partial charge in [0, 0.05) is 13.2 Å². The van der Waals surface area contributed by atoms with Crippen molar-refractivity contribution in [2.45, 2.75) is 70.8 Å². The first-order valence-electron chi connectivity index (χ1n) is 10.2. The highest BCUT2D eigenvalue weighted by Gasteiger charge is 2.44. The summed E-state index contributed by atoms with van der Waals surface area (Å²) < 4.78 is 6.09. The largest absolute Gasteiger partial charge is 0.375 e. The van der Waals surface area contributed by atoms with E-state index in [0.717, 1.165) is 26.1 Å². The minimum absolute atomic E-state index is 0.0984. The second kappa shape index (κ2) is 8.21. The average molecular weight is 333 g/mol. The van der Waals surface area contributed by atoms with Gasteiger partial charge in [-0.1, -0.05) is 25.2 Å². The molecule has 0 aliphatic carbocycles. The van der Waals surface area contributed by atoms with Crippen LogP contribution in [0.4, 0.5) is 0 Å². The van der Waals surface area contributed by atoms with Crippen LogP contribution in [0.2, 0.25) is 0 Å². The van der Waals surface area contributed by atoms with Crippen molar-refractivity contribution in [1.82, 2.24) is 9.80 Å². The maximum Gasteiger partial charge on any atom is 0.0657 e. The summed E-state index contributed by atoms with van der Waals surface area (Å²) in [6, 6.07) is 0. The number of likely N-dealkylation sites (tertiary alicyclic amines) is 2. The summed E-state index contributed by atoms with van der Waals surface area (Å²) in [5, 5.41) is 0. The zero-order valence-electron chi connectivity index (χ0n) is 15.9. The van der Waals surface area contributed by atoms with Gasteiger partial charge in [-0.25, -0.2) is 0 Å². The fraction of sp³-hybridized carbons (Fsp3) is 0.905. The summed E-state index contributed by atoms with van der Waals surface area (Å²) in [7, 11) is 0. The SMILES string of the molecule is CC[C@@]1(C)C[C@@]2(CCCN(CC#CCN3CCCCC3)C2)CCO1. The second-order valence-electron chi connectivity index (χ2n) is 8.58. The fourth-order valence-corrected chi connectivity index (χ4v) is 4.92. The van der Waals surface area contributed by atoms with Crippen molar-refractivity contribution in [2.24, 2.45) is 5.41 Å². The molecule has 3 heterocycles. The normalized spacial score (nSPS) is 35.6. The molecule has 3 fully saturated rings. The number of nitrogens with zero attached hydrogens (tertiary/aromatic N) is 2. The monoisotopic (exact) mass is 332 g/mol. The molecule has 3 rings (SSSR count). The molecule has 2 atom stereocenters. The molecule has 0 bridgehead atoms. The Balaban J connectivity index is 1.49. The third kappa shape index (κ3) is 4.75. The molecule has 0 unspecified atom stereocenters. The molecule has 24 heavy (non-hydrogen) atoms. The lowest BCUT2D eigenvalue weighted by molar-refractivity contribution is -0.132. The lowest BCUT2D eigenvalue weighted by atomic mass is 9.68. The first kappa shape index (κ1) is 18.2. The van der Waals surface area contributed by atoms with Crippen LogP contribution in [0.25, 0.3) is 0 Å². The Morgan fingerprint density at radius 1 is 0.917 bits per heavy atom. The first-order valence-corrected chi connectivity index (χ1v) is 10.2. The third-order valence-corrected chi connectivity index (χ3v) is 6.50. The lowest BCUT2D eigenvalue weighted by Crippen LogP contribution is -2.51. The van der Waals surface area contributed by atoms with Crippen LogP contribution in [0.5, 0.6) is 0 Å². The Morgan fingerprint density at radius 3 is 2.38 bits per heavy atom. The van der Waals surface area contributed by atoms with Gasteiger partial charge in [0.1, 0.15) is 0 Å². The van der Waals surface area contributed by atoms with E-state index >= 15 is 0 Å². The molecule has 136 valence electrons. The van der Waals surface area contributed by atoms with Crippen molar-refractivity contribution in [3.63, 3.8) is 0 Å². The van der Waals surface area contributed by atoms with Gasteiger partial charge in [-0.2, -0.15) is 0 Å². The smallest absolute Gasteiger partial charge is 0.0657 e. The van der Waals surface area contributed by atoms with Gasteiger partial charge in [0.2, 0.25) is 0 Å². The minimum atomic E-state index is 0.0984. The third-order valence-electron chi connectivity index (χ3n) is 6.50. The van der Waals surface area contributed by atoms with Crippen LogP contribution in [-0.2, 0) is 4.74 Å². The summed E-state index contributed by atoms with van der Waals surface area (Å²) in [4.78, 5) is 5.12. The van der Waals surface area contributed by atoms with E-state index in [0.29, 0.717) is 5.41 Å². The van der Waals surface area contributed by atoms with Crippen molar-refractivity contribution in [3.05, 3.63) is 0 Å². The van der Waals surface area contributed by atoms with Gasteiger partial charge in [0.05, 0.1) is 18.7 Å². The van der Waals surface area contributed by atoms with Crippen LogP contribution in [0, 0.1) is 17.3 Å². The van der Waals surface area contributed by atoms with Crippen LogP contribution < -0.4 is 0 Å². The molecule has 3 saturated heterocycles. The Kier molecular flexibility index (Phi) is 6.24. The minimum Gasteiger partial charge on any atom is -0.375 e. The second-order valence-corrected chi connectivity index (χ2v) is 8.58. The summed E-state index contributed by atoms with van der Waals surface area (Å²) in [5.74, 6) is 6.89. The van der Waals surface area contributed by atoms with E-state index in [1.54, 1.807) is 0 Å². The molecule has 0 radical (unpaired) electrons. The van der Waals surface area contributed by atoms with E-state index in [2.05, 4.69) is 35.5 Å². The summed E-state index contributed by atoms with van der Waals surface area (Å²) in [5.41, 5.74) is 0.580. The lowest BCUT2D eigenvalue weighted by Gasteiger charge is -2.50. The first-order chi connectivity index (χ1) is 11.6. The van der Waals surface area contributed by atoms with Crippen molar-refractivity contribution in [1.29, 1.82) is 0 Å². The predicted molar refractivity (Wildman–Crippen MR) is 100 cm³/mol. The predicted octanol–water partition coefficient (Wildman–Crippen LogP) is 3.54. The number of ether oxygens (including phenoxy) is 1. The van der Waals surface area contributed by atoms with Gasteiger partial charge < -0.3 is 4.74 Å². The molecule has 3 heteroatoms.